The number of benzene rings is 1. The zero-order valence-electron chi connectivity index (χ0n) is 19.5. The van der Waals surface area contributed by atoms with Gasteiger partial charge in [0.15, 0.2) is 0 Å². The number of carbonyl (C=O) groups is 1. The Labute approximate surface area is 199 Å². The van der Waals surface area contributed by atoms with Gasteiger partial charge in [0, 0.05) is 72.5 Å². The van der Waals surface area contributed by atoms with Crippen LogP contribution in [0.25, 0.3) is 11.0 Å². The maximum atomic E-state index is 13.4. The lowest BCUT2D eigenvalue weighted by Crippen LogP contribution is -2.46. The van der Waals surface area contributed by atoms with Gasteiger partial charge in [-0.3, -0.25) is 4.79 Å². The molecule has 6 rings (SSSR count). The third kappa shape index (κ3) is 3.02. The monoisotopic (exact) mass is 460 g/mol. The van der Waals surface area contributed by atoms with Crippen molar-refractivity contribution in [3.63, 3.8) is 0 Å². The normalized spacial score (nSPS) is 28.1. The molecule has 4 heterocycles. The highest BCUT2D eigenvalue weighted by Crippen LogP contribution is 2.57. The number of fused-ring (bicyclic) bond motifs is 1. The molecule has 2 aliphatic heterocycles. The Morgan fingerprint density at radius 2 is 2.15 bits per heavy atom. The molecule has 3 aliphatic rings. The van der Waals surface area contributed by atoms with Crippen LogP contribution in [0.2, 0.25) is 0 Å². The summed E-state index contributed by atoms with van der Waals surface area (Å²) in [4.78, 5) is 19.9. The van der Waals surface area contributed by atoms with Crippen molar-refractivity contribution in [2.45, 2.75) is 56.3 Å². The molecule has 0 radical (unpaired) electrons. The molecule has 34 heavy (non-hydrogen) atoms. The first-order valence-corrected chi connectivity index (χ1v) is 12.3. The standard InChI is InChI=1S/C26H32N6O2/c1-2-32-19(12-15-5-3-8-30-24(15)32)22-23(28)18-11-16(25(33)31-9-4-6-17(27)14-31)13-20-21(18)26(22,29)7-10-34-20/h3,5,8,11-13,17,22-23H,2,4,6-7,9-10,14,27-29H2,1H3/t17-,22-,23+,26+/m1/s1. The lowest BCUT2D eigenvalue weighted by molar-refractivity contribution is 0.0708. The Balaban J connectivity index is 1.47. The molecule has 1 aromatic carbocycles. The van der Waals surface area contributed by atoms with Gasteiger partial charge >= 0.3 is 0 Å². The minimum atomic E-state index is -0.668. The Morgan fingerprint density at radius 1 is 1.29 bits per heavy atom. The summed E-state index contributed by atoms with van der Waals surface area (Å²) in [5, 5.41) is 1.08. The molecular formula is C26H32N6O2. The number of likely N-dealkylation sites (tertiary alicyclic amines) is 1. The van der Waals surface area contributed by atoms with Crippen LogP contribution in [-0.2, 0) is 12.1 Å². The van der Waals surface area contributed by atoms with Crippen LogP contribution in [-0.4, -0.2) is 46.1 Å². The van der Waals surface area contributed by atoms with Crippen LogP contribution < -0.4 is 21.9 Å². The fraction of sp³-hybridized carbons (Fsp3) is 0.462. The highest BCUT2D eigenvalue weighted by Gasteiger charge is 2.54. The summed E-state index contributed by atoms with van der Waals surface area (Å²) in [5.41, 5.74) is 24.1. The molecule has 178 valence electrons. The third-order valence-electron chi connectivity index (χ3n) is 7.96. The zero-order chi connectivity index (χ0) is 23.6. The van der Waals surface area contributed by atoms with Crippen molar-refractivity contribution in [1.29, 1.82) is 0 Å². The van der Waals surface area contributed by atoms with Crippen molar-refractivity contribution in [1.82, 2.24) is 14.5 Å². The molecular weight excluding hydrogens is 428 g/mol. The molecule has 0 bridgehead atoms. The second-order valence-electron chi connectivity index (χ2n) is 9.96. The summed E-state index contributed by atoms with van der Waals surface area (Å²) >= 11 is 0. The van der Waals surface area contributed by atoms with Crippen LogP contribution in [0, 0.1) is 0 Å². The van der Waals surface area contributed by atoms with E-state index in [1.54, 1.807) is 0 Å². The van der Waals surface area contributed by atoms with E-state index in [0.29, 0.717) is 30.9 Å². The van der Waals surface area contributed by atoms with Gasteiger partial charge in [0.25, 0.3) is 5.91 Å². The second kappa shape index (κ2) is 7.80. The summed E-state index contributed by atoms with van der Waals surface area (Å²) in [6.07, 6.45) is 4.35. The van der Waals surface area contributed by atoms with Crippen LogP contribution in [0.3, 0.4) is 0 Å². The number of carbonyl (C=O) groups excluding carboxylic acids is 1. The number of amides is 1. The maximum absolute atomic E-state index is 13.4. The number of pyridine rings is 1. The fourth-order valence-corrected chi connectivity index (χ4v) is 6.42. The molecule has 1 saturated heterocycles. The topological polar surface area (TPSA) is 125 Å². The molecule has 1 amide bonds. The van der Waals surface area contributed by atoms with E-state index in [0.717, 1.165) is 53.8 Å². The van der Waals surface area contributed by atoms with Crippen molar-refractivity contribution in [2.75, 3.05) is 19.7 Å². The highest BCUT2D eigenvalue weighted by molar-refractivity contribution is 5.95. The Bertz CT molecular complexity index is 1290. The summed E-state index contributed by atoms with van der Waals surface area (Å²) in [7, 11) is 0. The number of nitrogens with two attached hydrogens (primary N) is 3. The van der Waals surface area contributed by atoms with Crippen molar-refractivity contribution < 1.29 is 9.53 Å². The average Bonchev–Trinajstić information content (AvgIpc) is 3.31. The first-order valence-electron chi connectivity index (χ1n) is 12.3. The smallest absolute Gasteiger partial charge is 0.254 e. The van der Waals surface area contributed by atoms with Gasteiger partial charge in [0.1, 0.15) is 11.4 Å². The molecule has 1 fully saturated rings. The number of hydrogen-bond donors (Lipinski definition) is 3. The molecule has 0 saturated carbocycles. The number of nitrogens with zero attached hydrogens (tertiary/aromatic N) is 3. The van der Waals surface area contributed by atoms with E-state index in [9.17, 15) is 4.79 Å². The number of aryl methyl sites for hydroxylation is 1. The first-order chi connectivity index (χ1) is 16.4. The van der Waals surface area contributed by atoms with Gasteiger partial charge in [-0.05, 0) is 55.7 Å². The molecule has 3 aromatic rings. The van der Waals surface area contributed by atoms with Crippen molar-refractivity contribution in [2.24, 2.45) is 17.2 Å². The molecule has 0 unspecified atom stereocenters. The van der Waals surface area contributed by atoms with E-state index in [2.05, 4.69) is 28.6 Å². The largest absolute Gasteiger partial charge is 0.493 e. The third-order valence-corrected chi connectivity index (χ3v) is 7.96. The minimum absolute atomic E-state index is 0.0199. The second-order valence-corrected chi connectivity index (χ2v) is 9.96. The van der Waals surface area contributed by atoms with Crippen LogP contribution >= 0.6 is 0 Å². The Morgan fingerprint density at radius 3 is 2.94 bits per heavy atom. The molecule has 8 heteroatoms. The van der Waals surface area contributed by atoms with Crippen LogP contribution in [0.15, 0.2) is 36.5 Å². The minimum Gasteiger partial charge on any atom is -0.493 e. The molecule has 0 spiro atoms. The van der Waals surface area contributed by atoms with E-state index in [4.69, 9.17) is 21.9 Å². The number of piperidine rings is 1. The van der Waals surface area contributed by atoms with Gasteiger partial charge in [-0.15, -0.1) is 0 Å². The van der Waals surface area contributed by atoms with Gasteiger partial charge in [-0.1, -0.05) is 0 Å². The number of ether oxygens (including phenoxy) is 1. The Hall–Kier alpha value is -2.94. The van der Waals surface area contributed by atoms with Crippen molar-refractivity contribution >= 4 is 16.9 Å². The van der Waals surface area contributed by atoms with E-state index in [-0.39, 0.29) is 23.9 Å². The number of rotatable bonds is 3. The van der Waals surface area contributed by atoms with E-state index in [1.165, 1.54) is 0 Å². The quantitative estimate of drug-likeness (QED) is 0.551. The number of aromatic nitrogens is 2. The number of hydrogen-bond acceptors (Lipinski definition) is 6. The van der Waals surface area contributed by atoms with Crippen LogP contribution in [0.4, 0.5) is 0 Å². The zero-order valence-corrected chi connectivity index (χ0v) is 19.5. The SMILES string of the molecule is CCn1c([C@@H]2[C@@H](N)c3cc(C(=O)N4CCC[C@@H](N)C4)cc4c3[C@@]2(N)CCO4)cc2cccnc21. The van der Waals surface area contributed by atoms with Gasteiger partial charge in [0.05, 0.1) is 12.1 Å². The molecule has 6 N–H and O–H groups in total. The maximum Gasteiger partial charge on any atom is 0.254 e. The van der Waals surface area contributed by atoms with Gasteiger partial charge in [-0.2, -0.15) is 0 Å². The van der Waals surface area contributed by atoms with E-state index >= 15 is 0 Å². The molecule has 8 nitrogen and oxygen atoms in total. The summed E-state index contributed by atoms with van der Waals surface area (Å²) in [6.45, 7) is 4.67. The van der Waals surface area contributed by atoms with Gasteiger partial charge in [0.2, 0.25) is 0 Å². The average molecular weight is 461 g/mol. The van der Waals surface area contributed by atoms with Crippen molar-refractivity contribution in [3.8, 4) is 5.75 Å². The first kappa shape index (κ1) is 21.6. The highest BCUT2D eigenvalue weighted by atomic mass is 16.5. The predicted molar refractivity (Wildman–Crippen MR) is 131 cm³/mol. The van der Waals surface area contributed by atoms with Crippen LogP contribution in [0.1, 0.15) is 65.3 Å². The van der Waals surface area contributed by atoms with E-state index in [1.807, 2.05) is 29.3 Å². The Kier molecular flexibility index (Phi) is 4.95. The van der Waals surface area contributed by atoms with Gasteiger partial charge in [-0.25, -0.2) is 4.98 Å². The lowest BCUT2D eigenvalue weighted by atomic mass is 9.77. The summed E-state index contributed by atoms with van der Waals surface area (Å²) < 4.78 is 8.30. The molecule has 2 aromatic heterocycles. The van der Waals surface area contributed by atoms with Gasteiger partial charge < -0.3 is 31.4 Å². The lowest BCUT2D eigenvalue weighted by Gasteiger charge is -2.38. The summed E-state index contributed by atoms with van der Waals surface area (Å²) in [6, 6.07) is 9.66. The summed E-state index contributed by atoms with van der Waals surface area (Å²) in [5.74, 6) is 0.521. The van der Waals surface area contributed by atoms with Crippen LogP contribution in [0.5, 0.6) is 5.75 Å². The fourth-order valence-electron chi connectivity index (χ4n) is 6.42. The molecule has 4 atom stereocenters. The predicted octanol–water partition coefficient (Wildman–Crippen LogP) is 2.35. The molecule has 1 aliphatic carbocycles. The van der Waals surface area contributed by atoms with Crippen molar-refractivity contribution in [3.05, 3.63) is 58.9 Å². The van der Waals surface area contributed by atoms with E-state index < -0.39 is 5.54 Å².